The maximum absolute atomic E-state index is 12.0. The van der Waals surface area contributed by atoms with E-state index < -0.39 is 6.36 Å². The molecule has 0 aliphatic rings. The van der Waals surface area contributed by atoms with Crippen molar-refractivity contribution < 1.29 is 17.9 Å². The van der Waals surface area contributed by atoms with Crippen LogP contribution >= 0.6 is 0 Å². The second-order valence-electron chi connectivity index (χ2n) is 3.83. The van der Waals surface area contributed by atoms with Gasteiger partial charge in [0.25, 0.3) is 0 Å². The number of nitrogens with zero attached hydrogens (tertiary/aromatic N) is 1. The van der Waals surface area contributed by atoms with Gasteiger partial charge in [0.1, 0.15) is 11.6 Å². The number of nitrogens with one attached hydrogen (secondary N) is 2. The van der Waals surface area contributed by atoms with Gasteiger partial charge in [-0.25, -0.2) is 4.98 Å². The average molecular weight is 271 g/mol. The number of rotatable bonds is 5. The van der Waals surface area contributed by atoms with Crippen molar-refractivity contribution in [2.24, 2.45) is 0 Å². The van der Waals surface area contributed by atoms with Gasteiger partial charge in [0.15, 0.2) is 0 Å². The SMILES string of the molecule is FC(F)(F)Oc1ccc(CNCc2ncc[nH]2)cc1. The molecule has 1 aromatic carbocycles. The number of alkyl halides is 3. The van der Waals surface area contributed by atoms with Gasteiger partial charge in [0, 0.05) is 18.9 Å². The fourth-order valence-corrected chi connectivity index (χ4v) is 1.53. The Kier molecular flexibility index (Phi) is 4.06. The molecule has 102 valence electrons. The molecule has 0 aliphatic heterocycles. The zero-order valence-corrected chi connectivity index (χ0v) is 9.87. The Morgan fingerprint density at radius 2 is 1.89 bits per heavy atom. The summed E-state index contributed by atoms with van der Waals surface area (Å²) in [6, 6.07) is 5.74. The maximum Gasteiger partial charge on any atom is 0.573 e. The topological polar surface area (TPSA) is 49.9 Å². The van der Waals surface area contributed by atoms with Crippen molar-refractivity contribution in [2.75, 3.05) is 0 Å². The first-order chi connectivity index (χ1) is 9.03. The smallest absolute Gasteiger partial charge is 0.406 e. The largest absolute Gasteiger partial charge is 0.573 e. The van der Waals surface area contributed by atoms with Crippen molar-refractivity contribution in [3.05, 3.63) is 48.0 Å². The number of ether oxygens (including phenoxy) is 1. The van der Waals surface area contributed by atoms with Crippen molar-refractivity contribution in [3.8, 4) is 5.75 Å². The van der Waals surface area contributed by atoms with Crippen molar-refractivity contribution in [1.29, 1.82) is 0 Å². The number of halogens is 3. The number of hydrogen-bond acceptors (Lipinski definition) is 3. The normalized spacial score (nSPS) is 11.5. The summed E-state index contributed by atoms with van der Waals surface area (Å²) >= 11 is 0. The summed E-state index contributed by atoms with van der Waals surface area (Å²) in [6.45, 7) is 1.10. The molecule has 1 heterocycles. The van der Waals surface area contributed by atoms with Crippen LogP contribution in [0.1, 0.15) is 11.4 Å². The lowest BCUT2D eigenvalue weighted by Crippen LogP contribution is -2.17. The highest BCUT2D eigenvalue weighted by atomic mass is 19.4. The summed E-state index contributed by atoms with van der Waals surface area (Å²) in [6.07, 6.45) is -1.28. The predicted octanol–water partition coefficient (Wildman–Crippen LogP) is 2.60. The third kappa shape index (κ3) is 4.63. The molecule has 0 aliphatic carbocycles. The number of imidazole rings is 1. The van der Waals surface area contributed by atoms with E-state index in [1.165, 1.54) is 12.1 Å². The number of aromatic amines is 1. The standard InChI is InChI=1S/C12H12F3N3O/c13-12(14,15)19-10-3-1-9(2-4-10)7-16-8-11-17-5-6-18-11/h1-6,16H,7-8H2,(H,17,18). The van der Waals surface area contributed by atoms with Crippen LogP contribution in [-0.2, 0) is 13.1 Å². The van der Waals surface area contributed by atoms with Gasteiger partial charge in [-0.2, -0.15) is 0 Å². The first kappa shape index (κ1) is 13.4. The number of benzene rings is 1. The Balaban J connectivity index is 1.81. The van der Waals surface area contributed by atoms with Gasteiger partial charge in [-0.15, -0.1) is 13.2 Å². The minimum Gasteiger partial charge on any atom is -0.406 e. The van der Waals surface area contributed by atoms with Crippen molar-refractivity contribution in [3.63, 3.8) is 0 Å². The fraction of sp³-hybridized carbons (Fsp3) is 0.250. The van der Waals surface area contributed by atoms with Gasteiger partial charge in [-0.05, 0) is 17.7 Å². The van der Waals surface area contributed by atoms with Crippen molar-refractivity contribution >= 4 is 0 Å². The molecule has 0 amide bonds. The Morgan fingerprint density at radius 3 is 2.47 bits per heavy atom. The molecule has 0 saturated heterocycles. The van der Waals surface area contributed by atoms with E-state index in [1.807, 2.05) is 0 Å². The van der Waals surface area contributed by atoms with Crippen LogP contribution in [0.25, 0.3) is 0 Å². The van der Waals surface area contributed by atoms with E-state index in [1.54, 1.807) is 24.5 Å². The van der Waals surface area contributed by atoms with Crippen LogP contribution in [0.2, 0.25) is 0 Å². The molecule has 0 atom stereocenters. The van der Waals surface area contributed by atoms with E-state index >= 15 is 0 Å². The highest BCUT2D eigenvalue weighted by Gasteiger charge is 2.30. The zero-order valence-electron chi connectivity index (χ0n) is 9.87. The number of aromatic nitrogens is 2. The lowest BCUT2D eigenvalue weighted by atomic mass is 10.2. The summed E-state index contributed by atoms with van der Waals surface area (Å²) in [5.74, 6) is 0.583. The predicted molar refractivity (Wildman–Crippen MR) is 62.3 cm³/mol. The van der Waals surface area contributed by atoms with Crippen LogP contribution in [0.15, 0.2) is 36.7 Å². The van der Waals surface area contributed by atoms with E-state index in [2.05, 4.69) is 20.0 Å². The maximum atomic E-state index is 12.0. The molecule has 0 bridgehead atoms. The molecule has 7 heteroatoms. The molecule has 1 aromatic heterocycles. The molecule has 2 rings (SSSR count). The van der Waals surface area contributed by atoms with E-state index in [9.17, 15) is 13.2 Å². The molecule has 0 spiro atoms. The summed E-state index contributed by atoms with van der Waals surface area (Å²) in [4.78, 5) is 6.98. The average Bonchev–Trinajstić information content (AvgIpc) is 2.82. The van der Waals surface area contributed by atoms with Crippen LogP contribution in [-0.4, -0.2) is 16.3 Å². The summed E-state index contributed by atoms with van der Waals surface area (Å²) in [5.41, 5.74) is 0.862. The van der Waals surface area contributed by atoms with Gasteiger partial charge in [-0.3, -0.25) is 0 Å². The minimum atomic E-state index is -4.65. The third-order valence-electron chi connectivity index (χ3n) is 2.33. The van der Waals surface area contributed by atoms with E-state index in [0.29, 0.717) is 13.1 Å². The van der Waals surface area contributed by atoms with Crippen LogP contribution in [0.5, 0.6) is 5.75 Å². The monoisotopic (exact) mass is 271 g/mol. The van der Waals surface area contributed by atoms with Crippen molar-refractivity contribution in [2.45, 2.75) is 19.5 Å². The van der Waals surface area contributed by atoms with Crippen molar-refractivity contribution in [1.82, 2.24) is 15.3 Å². The summed E-state index contributed by atoms with van der Waals surface area (Å²) in [5, 5.41) is 3.12. The lowest BCUT2D eigenvalue weighted by Gasteiger charge is -2.09. The third-order valence-corrected chi connectivity index (χ3v) is 2.33. The number of H-pyrrole nitrogens is 1. The zero-order chi connectivity index (χ0) is 13.7. The highest BCUT2D eigenvalue weighted by molar-refractivity contribution is 5.27. The molecular weight excluding hydrogens is 259 g/mol. The second-order valence-corrected chi connectivity index (χ2v) is 3.83. The van der Waals surface area contributed by atoms with Gasteiger partial charge < -0.3 is 15.0 Å². The molecular formula is C12H12F3N3O. The fourth-order valence-electron chi connectivity index (χ4n) is 1.53. The molecule has 19 heavy (non-hydrogen) atoms. The molecule has 0 fully saturated rings. The Morgan fingerprint density at radius 1 is 1.16 bits per heavy atom. The summed E-state index contributed by atoms with van der Waals surface area (Å²) < 4.78 is 39.7. The molecule has 0 radical (unpaired) electrons. The second kappa shape index (κ2) is 5.75. The molecule has 2 N–H and O–H groups in total. The summed E-state index contributed by atoms with van der Waals surface area (Å²) in [7, 11) is 0. The van der Waals surface area contributed by atoms with Crippen LogP contribution < -0.4 is 10.1 Å². The van der Waals surface area contributed by atoms with Crippen LogP contribution in [0, 0.1) is 0 Å². The molecule has 4 nitrogen and oxygen atoms in total. The van der Waals surface area contributed by atoms with Gasteiger partial charge in [0.05, 0.1) is 6.54 Å². The Hall–Kier alpha value is -2.02. The van der Waals surface area contributed by atoms with Gasteiger partial charge >= 0.3 is 6.36 Å². The van der Waals surface area contributed by atoms with E-state index in [4.69, 9.17) is 0 Å². The molecule has 0 unspecified atom stereocenters. The van der Waals surface area contributed by atoms with Crippen LogP contribution in [0.3, 0.4) is 0 Å². The van der Waals surface area contributed by atoms with Gasteiger partial charge in [-0.1, -0.05) is 12.1 Å². The van der Waals surface area contributed by atoms with Crippen LogP contribution in [0.4, 0.5) is 13.2 Å². The highest BCUT2D eigenvalue weighted by Crippen LogP contribution is 2.22. The van der Waals surface area contributed by atoms with E-state index in [-0.39, 0.29) is 5.75 Å². The number of hydrogen-bond donors (Lipinski definition) is 2. The molecule has 0 saturated carbocycles. The Bertz CT molecular complexity index is 494. The Labute approximate surface area is 107 Å². The van der Waals surface area contributed by atoms with E-state index in [0.717, 1.165) is 11.4 Å². The quantitative estimate of drug-likeness (QED) is 0.878. The first-order valence-corrected chi connectivity index (χ1v) is 5.56. The first-order valence-electron chi connectivity index (χ1n) is 5.56. The minimum absolute atomic E-state index is 0.220. The molecule has 2 aromatic rings. The van der Waals surface area contributed by atoms with Gasteiger partial charge in [0.2, 0.25) is 0 Å². The lowest BCUT2D eigenvalue weighted by molar-refractivity contribution is -0.274.